The lowest BCUT2D eigenvalue weighted by atomic mass is 9.88. The molecule has 47 heavy (non-hydrogen) atoms. The molecule has 0 saturated carbocycles. The van der Waals surface area contributed by atoms with Crippen LogP contribution in [0.1, 0.15) is 77.0 Å². The van der Waals surface area contributed by atoms with E-state index in [4.69, 9.17) is 9.72 Å². The van der Waals surface area contributed by atoms with Crippen LogP contribution in [0.4, 0.5) is 0 Å². The summed E-state index contributed by atoms with van der Waals surface area (Å²) in [5.74, 6) is 3.33. The lowest BCUT2D eigenvalue weighted by molar-refractivity contribution is -0.599. The predicted molar refractivity (Wildman–Crippen MR) is 192 cm³/mol. The van der Waals surface area contributed by atoms with E-state index in [2.05, 4.69) is 155 Å². The first-order chi connectivity index (χ1) is 22.5. The summed E-state index contributed by atoms with van der Waals surface area (Å²) in [5.41, 5.74) is 8.21. The summed E-state index contributed by atoms with van der Waals surface area (Å²) < 4.78 is 12.9. The molecular formula is C42H42N4O. The zero-order chi connectivity index (χ0) is 32.9. The van der Waals surface area contributed by atoms with Crippen molar-refractivity contribution in [3.63, 3.8) is 0 Å². The Kier molecular flexibility index (Phi) is 7.71. The Morgan fingerprint density at radius 3 is 2.19 bits per heavy atom. The van der Waals surface area contributed by atoms with Crippen LogP contribution in [0.5, 0.6) is 11.5 Å². The van der Waals surface area contributed by atoms with Crippen molar-refractivity contribution in [1.82, 2.24) is 14.1 Å². The van der Waals surface area contributed by atoms with Crippen molar-refractivity contribution in [1.29, 1.82) is 0 Å². The summed E-state index contributed by atoms with van der Waals surface area (Å²) in [7, 11) is 0. The molecule has 236 valence electrons. The first-order valence-corrected chi connectivity index (χ1v) is 16.5. The quantitative estimate of drug-likeness (QED) is 0.132. The molecular weight excluding hydrogens is 576 g/mol. The Bertz CT molecular complexity index is 2200. The molecule has 0 N–H and O–H groups in total. The normalized spacial score (nSPS) is 12.1. The number of rotatable bonds is 7. The van der Waals surface area contributed by atoms with E-state index in [0.717, 1.165) is 39.7 Å². The average Bonchev–Trinajstić information content (AvgIpc) is 3.68. The van der Waals surface area contributed by atoms with Crippen LogP contribution in [0.15, 0.2) is 116 Å². The highest BCUT2D eigenvalue weighted by molar-refractivity contribution is 6.09. The van der Waals surface area contributed by atoms with E-state index in [1.54, 1.807) is 0 Å². The van der Waals surface area contributed by atoms with Crippen molar-refractivity contribution >= 4 is 21.8 Å². The van der Waals surface area contributed by atoms with Gasteiger partial charge in [-0.05, 0) is 94.6 Å². The smallest absolute Gasteiger partial charge is 0.268 e. The summed E-state index contributed by atoms with van der Waals surface area (Å²) >= 11 is 0. The van der Waals surface area contributed by atoms with Crippen LogP contribution in [0, 0.1) is 6.33 Å². The number of ether oxygens (including phenoxy) is 1. The molecule has 7 aromatic rings. The fourth-order valence-electron chi connectivity index (χ4n) is 6.17. The van der Waals surface area contributed by atoms with E-state index in [1.165, 1.54) is 27.5 Å². The molecule has 0 radical (unpaired) electrons. The van der Waals surface area contributed by atoms with E-state index in [1.807, 2.05) is 29.1 Å². The van der Waals surface area contributed by atoms with Crippen LogP contribution in [-0.4, -0.2) is 14.1 Å². The second kappa shape index (κ2) is 11.9. The maximum Gasteiger partial charge on any atom is 0.268 e. The molecule has 5 nitrogen and oxygen atoms in total. The minimum atomic E-state index is 0.0152. The largest absolute Gasteiger partial charge is 0.458 e. The molecule has 0 aliphatic heterocycles. The van der Waals surface area contributed by atoms with Gasteiger partial charge in [0, 0.05) is 35.4 Å². The number of hydrogen-bond acceptors (Lipinski definition) is 2. The molecule has 0 aliphatic rings. The lowest BCUT2D eigenvalue weighted by Crippen LogP contribution is -2.28. The van der Waals surface area contributed by atoms with Crippen molar-refractivity contribution in [2.45, 2.75) is 65.7 Å². The van der Waals surface area contributed by atoms with Crippen LogP contribution < -0.4 is 9.30 Å². The molecule has 0 aliphatic carbocycles. The zero-order valence-corrected chi connectivity index (χ0v) is 28.3. The van der Waals surface area contributed by atoms with Gasteiger partial charge in [0.05, 0.1) is 22.4 Å². The van der Waals surface area contributed by atoms with Gasteiger partial charge in [-0.1, -0.05) is 78.8 Å². The summed E-state index contributed by atoms with van der Waals surface area (Å²) in [6.07, 6.45) is 9.53. The fourth-order valence-corrected chi connectivity index (χ4v) is 6.17. The Morgan fingerprint density at radius 2 is 1.45 bits per heavy atom. The van der Waals surface area contributed by atoms with E-state index in [9.17, 15) is 0 Å². The number of fused-ring (bicyclic) bond motifs is 3. The van der Waals surface area contributed by atoms with Gasteiger partial charge in [-0.25, -0.2) is 4.98 Å². The average molecular weight is 619 g/mol. The van der Waals surface area contributed by atoms with Gasteiger partial charge in [0.25, 0.3) is 6.33 Å². The summed E-state index contributed by atoms with van der Waals surface area (Å²) in [5, 5.41) is 2.35. The third-order valence-electron chi connectivity index (χ3n) is 8.97. The minimum absolute atomic E-state index is 0.0152. The first kappa shape index (κ1) is 30.5. The number of imidazole rings is 1. The molecule has 0 saturated heterocycles. The van der Waals surface area contributed by atoms with Gasteiger partial charge in [-0.15, -0.1) is 0 Å². The Balaban J connectivity index is 1.23. The number of benzene rings is 4. The fraction of sp³-hybridized carbons (Fsp3) is 0.238. The molecule has 3 aromatic heterocycles. The van der Waals surface area contributed by atoms with Gasteiger partial charge >= 0.3 is 0 Å². The van der Waals surface area contributed by atoms with Gasteiger partial charge in [0.2, 0.25) is 0 Å². The zero-order valence-electron chi connectivity index (χ0n) is 28.3. The highest BCUT2D eigenvalue weighted by atomic mass is 16.5. The van der Waals surface area contributed by atoms with Crippen LogP contribution in [0.2, 0.25) is 0 Å². The molecule has 0 amide bonds. The molecule has 3 heterocycles. The molecule has 0 unspecified atom stereocenters. The molecule has 0 bridgehead atoms. The van der Waals surface area contributed by atoms with Crippen LogP contribution in [-0.2, 0) is 5.41 Å². The number of aromatic nitrogens is 4. The van der Waals surface area contributed by atoms with E-state index in [-0.39, 0.29) is 5.41 Å². The Morgan fingerprint density at radius 1 is 0.723 bits per heavy atom. The van der Waals surface area contributed by atoms with Crippen LogP contribution in [0.25, 0.3) is 39.0 Å². The molecule has 4 aromatic carbocycles. The van der Waals surface area contributed by atoms with E-state index >= 15 is 0 Å². The molecule has 7 rings (SSSR count). The topological polar surface area (TPSA) is 35.9 Å². The Hall–Kier alpha value is -5.16. The van der Waals surface area contributed by atoms with Gasteiger partial charge in [-0.2, -0.15) is 0 Å². The summed E-state index contributed by atoms with van der Waals surface area (Å²) in [4.78, 5) is 4.82. The van der Waals surface area contributed by atoms with Gasteiger partial charge in [0.15, 0.2) is 0 Å². The molecule has 0 fully saturated rings. The van der Waals surface area contributed by atoms with Gasteiger partial charge in [0.1, 0.15) is 17.3 Å². The van der Waals surface area contributed by atoms with Crippen molar-refractivity contribution in [2.24, 2.45) is 0 Å². The van der Waals surface area contributed by atoms with Gasteiger partial charge < -0.3 is 4.74 Å². The third-order valence-corrected chi connectivity index (χ3v) is 8.97. The van der Waals surface area contributed by atoms with Crippen molar-refractivity contribution < 1.29 is 9.30 Å². The number of para-hydroxylation sites is 1. The maximum absolute atomic E-state index is 6.52. The molecule has 0 spiro atoms. The molecule has 5 heteroatoms. The van der Waals surface area contributed by atoms with Gasteiger partial charge in [-0.3, -0.25) is 13.7 Å². The predicted octanol–water partition coefficient (Wildman–Crippen LogP) is 10.4. The Labute approximate surface area is 277 Å². The maximum atomic E-state index is 6.52. The monoisotopic (exact) mass is 618 g/mol. The van der Waals surface area contributed by atoms with E-state index < -0.39 is 0 Å². The van der Waals surface area contributed by atoms with Crippen LogP contribution in [0.3, 0.4) is 0 Å². The standard InChI is InChI=1S/C42H42N4O/c1-28(2)30-21-31(29(3)4)23-34(22-30)45-20-19-44(27-45)33-11-10-12-35(25-33)47-36-15-16-38-37-13-8-9-14-39(37)46(40(38)26-36)41-24-32(17-18-43-41)42(5,6)7/h8-26,28-29H,1-7H3. The number of hydrogen-bond donors (Lipinski definition) is 0. The third kappa shape index (κ3) is 5.94. The highest BCUT2D eigenvalue weighted by Crippen LogP contribution is 2.36. The molecule has 0 atom stereocenters. The second-order valence-electron chi connectivity index (χ2n) is 14.1. The van der Waals surface area contributed by atoms with Crippen molar-refractivity contribution in [2.75, 3.05) is 0 Å². The van der Waals surface area contributed by atoms with Crippen molar-refractivity contribution in [3.05, 3.63) is 139 Å². The SMILES string of the molecule is CC(C)c1cc(C(C)C)cc(-[n+]2[c-]n(-c3cccc(Oc4ccc5c6ccccc6n(-c6cc(C(C)(C)C)ccn6)c5c4)c3)cc2)c1. The lowest BCUT2D eigenvalue weighted by Gasteiger charge is -2.20. The summed E-state index contributed by atoms with van der Waals surface area (Å²) in [6, 6.07) is 34.1. The number of pyridine rings is 1. The summed E-state index contributed by atoms with van der Waals surface area (Å²) in [6.45, 7) is 15.7. The van der Waals surface area contributed by atoms with Crippen LogP contribution >= 0.6 is 0 Å². The first-order valence-electron chi connectivity index (χ1n) is 16.5. The minimum Gasteiger partial charge on any atom is -0.458 e. The highest BCUT2D eigenvalue weighted by Gasteiger charge is 2.18. The number of nitrogens with zero attached hydrogens (tertiary/aromatic N) is 4. The van der Waals surface area contributed by atoms with E-state index in [0.29, 0.717) is 11.8 Å². The second-order valence-corrected chi connectivity index (χ2v) is 14.1. The van der Waals surface area contributed by atoms with Crippen molar-refractivity contribution in [3.8, 4) is 28.7 Å².